The first-order valence-electron chi connectivity index (χ1n) is 7.66. The zero-order chi connectivity index (χ0) is 18.1. The summed E-state index contributed by atoms with van der Waals surface area (Å²) in [5.74, 6) is -0.271. The molecule has 0 aliphatic rings. The predicted molar refractivity (Wildman–Crippen MR) is 91.1 cm³/mol. The van der Waals surface area contributed by atoms with E-state index in [1.165, 1.54) is 18.3 Å². The van der Waals surface area contributed by atoms with Crippen molar-refractivity contribution in [3.63, 3.8) is 0 Å². The first-order chi connectivity index (χ1) is 12.1. The summed E-state index contributed by atoms with van der Waals surface area (Å²) in [4.78, 5) is 16.7. The number of amides is 1. The summed E-state index contributed by atoms with van der Waals surface area (Å²) < 4.78 is 28.3. The molecule has 2 rings (SSSR count). The molecule has 0 saturated heterocycles. The number of anilines is 1. The summed E-state index contributed by atoms with van der Waals surface area (Å²) in [5.41, 5.74) is 2.44. The van der Waals surface area contributed by atoms with Crippen molar-refractivity contribution in [3.05, 3.63) is 59.7 Å². The van der Waals surface area contributed by atoms with Crippen molar-refractivity contribution in [1.29, 1.82) is 0 Å². The number of rotatable bonds is 8. The van der Waals surface area contributed by atoms with Crippen LogP contribution in [0.15, 0.2) is 53.7 Å². The maximum Gasteiger partial charge on any atom is 0.387 e. The lowest BCUT2D eigenvalue weighted by molar-refractivity contribution is -0.120. The van der Waals surface area contributed by atoms with Gasteiger partial charge in [-0.1, -0.05) is 24.2 Å². The number of oxime groups is 1. The van der Waals surface area contributed by atoms with E-state index in [2.05, 4.69) is 15.2 Å². The van der Waals surface area contributed by atoms with Gasteiger partial charge in [-0.05, 0) is 53.9 Å². The highest BCUT2D eigenvalue weighted by Gasteiger charge is 2.04. The van der Waals surface area contributed by atoms with Gasteiger partial charge >= 0.3 is 6.61 Å². The zero-order valence-corrected chi connectivity index (χ0v) is 13.6. The molecule has 0 unspecified atom stereocenters. The lowest BCUT2D eigenvalue weighted by Gasteiger charge is -2.06. The van der Waals surface area contributed by atoms with Gasteiger partial charge in [0, 0.05) is 5.69 Å². The second-order valence-electron chi connectivity index (χ2n) is 5.06. The smallest absolute Gasteiger partial charge is 0.387 e. The van der Waals surface area contributed by atoms with Gasteiger partial charge in [-0.25, -0.2) is 0 Å². The molecule has 1 N–H and O–H groups in total. The third-order valence-corrected chi connectivity index (χ3v) is 3.20. The van der Waals surface area contributed by atoms with Crippen molar-refractivity contribution in [2.24, 2.45) is 5.16 Å². The molecular formula is C18H18F2N2O3. The number of aryl methyl sites for hydroxylation is 1. The van der Waals surface area contributed by atoms with Gasteiger partial charge < -0.3 is 14.9 Å². The number of hydrogen-bond acceptors (Lipinski definition) is 4. The Bertz CT molecular complexity index is 719. The number of hydrogen-bond donors (Lipinski definition) is 1. The molecular weight excluding hydrogens is 330 g/mol. The molecule has 0 radical (unpaired) electrons. The Balaban J connectivity index is 1.77. The second kappa shape index (κ2) is 9.36. The molecule has 0 bridgehead atoms. The molecule has 0 heterocycles. The van der Waals surface area contributed by atoms with Crippen molar-refractivity contribution in [2.45, 2.75) is 20.0 Å². The molecule has 0 saturated carbocycles. The molecule has 2 aromatic rings. The first-order valence-corrected chi connectivity index (χ1v) is 7.66. The van der Waals surface area contributed by atoms with Gasteiger partial charge in [0.05, 0.1) is 6.21 Å². The van der Waals surface area contributed by atoms with Gasteiger partial charge in [-0.3, -0.25) is 4.79 Å². The largest absolute Gasteiger partial charge is 0.435 e. The highest BCUT2D eigenvalue weighted by atomic mass is 19.3. The first kappa shape index (κ1) is 18.4. The summed E-state index contributed by atoms with van der Waals surface area (Å²) in [5, 5.41) is 6.39. The quantitative estimate of drug-likeness (QED) is 0.582. The number of benzene rings is 2. The summed E-state index contributed by atoms with van der Waals surface area (Å²) >= 11 is 0. The van der Waals surface area contributed by atoms with Crippen LogP contribution in [0.25, 0.3) is 0 Å². The Morgan fingerprint density at radius 3 is 2.68 bits per heavy atom. The minimum atomic E-state index is -2.86. The molecule has 0 aliphatic carbocycles. The summed E-state index contributed by atoms with van der Waals surface area (Å²) in [6.45, 7) is -1.07. The number of halogens is 2. The number of ether oxygens (including phenoxy) is 1. The summed E-state index contributed by atoms with van der Waals surface area (Å²) in [6, 6.07) is 13.4. The summed E-state index contributed by atoms with van der Waals surface area (Å²) in [7, 11) is 0. The molecule has 0 atom stereocenters. The van der Waals surface area contributed by atoms with Gasteiger partial charge in [0.1, 0.15) is 5.75 Å². The van der Waals surface area contributed by atoms with Crippen LogP contribution < -0.4 is 10.1 Å². The van der Waals surface area contributed by atoms with Gasteiger partial charge in [0.2, 0.25) is 0 Å². The maximum absolute atomic E-state index is 12.0. The fourth-order valence-corrected chi connectivity index (χ4v) is 2.00. The monoisotopic (exact) mass is 348 g/mol. The van der Waals surface area contributed by atoms with E-state index in [0.29, 0.717) is 11.3 Å². The van der Waals surface area contributed by atoms with Gasteiger partial charge in [0.15, 0.2) is 6.61 Å². The topological polar surface area (TPSA) is 59.9 Å². The Kier molecular flexibility index (Phi) is 6.88. The van der Waals surface area contributed by atoms with Crippen LogP contribution in [0.1, 0.15) is 18.1 Å². The van der Waals surface area contributed by atoms with Gasteiger partial charge in [-0.2, -0.15) is 8.78 Å². The van der Waals surface area contributed by atoms with Crippen LogP contribution in [0.2, 0.25) is 0 Å². The van der Waals surface area contributed by atoms with E-state index >= 15 is 0 Å². The average molecular weight is 348 g/mol. The lowest BCUT2D eigenvalue weighted by Crippen LogP contribution is -2.17. The molecule has 7 heteroatoms. The minimum Gasteiger partial charge on any atom is -0.435 e. The SMILES string of the molecule is CCc1cccc(NC(=O)CO/N=C/c2ccc(OC(F)F)cc2)c1. The van der Waals surface area contributed by atoms with Crippen LogP contribution >= 0.6 is 0 Å². The van der Waals surface area contributed by atoms with Crippen LogP contribution in [0, 0.1) is 0 Å². The molecule has 0 aromatic heterocycles. The number of alkyl halides is 2. The average Bonchev–Trinajstić information content (AvgIpc) is 2.60. The van der Waals surface area contributed by atoms with Crippen LogP contribution in [0.5, 0.6) is 5.75 Å². The molecule has 132 valence electrons. The number of nitrogens with zero attached hydrogens (tertiary/aromatic N) is 1. The lowest BCUT2D eigenvalue weighted by atomic mass is 10.1. The fourth-order valence-electron chi connectivity index (χ4n) is 2.00. The molecule has 2 aromatic carbocycles. The van der Waals surface area contributed by atoms with Gasteiger partial charge in [0.25, 0.3) is 5.91 Å². The van der Waals surface area contributed by atoms with E-state index in [1.807, 2.05) is 25.1 Å². The summed E-state index contributed by atoms with van der Waals surface area (Å²) in [6.07, 6.45) is 2.25. The van der Waals surface area contributed by atoms with Crippen molar-refractivity contribution < 1.29 is 23.1 Å². The molecule has 5 nitrogen and oxygen atoms in total. The zero-order valence-electron chi connectivity index (χ0n) is 13.6. The van der Waals surface area contributed by atoms with E-state index in [9.17, 15) is 13.6 Å². The Labute approximate surface area is 144 Å². The maximum atomic E-state index is 12.0. The molecule has 0 fully saturated rings. The molecule has 25 heavy (non-hydrogen) atoms. The van der Waals surface area contributed by atoms with Crippen LogP contribution in [0.4, 0.5) is 14.5 Å². The van der Waals surface area contributed by atoms with Gasteiger partial charge in [-0.15, -0.1) is 0 Å². The van der Waals surface area contributed by atoms with Crippen LogP contribution in [-0.2, 0) is 16.1 Å². The van der Waals surface area contributed by atoms with E-state index < -0.39 is 6.61 Å². The molecule has 1 amide bonds. The van der Waals surface area contributed by atoms with Crippen molar-refractivity contribution in [3.8, 4) is 5.75 Å². The van der Waals surface area contributed by atoms with Crippen molar-refractivity contribution in [1.82, 2.24) is 0 Å². The number of carbonyl (C=O) groups is 1. The number of carbonyl (C=O) groups excluding carboxylic acids is 1. The minimum absolute atomic E-state index is 0.0572. The van der Waals surface area contributed by atoms with Crippen molar-refractivity contribution >= 4 is 17.8 Å². The van der Waals surface area contributed by atoms with E-state index in [-0.39, 0.29) is 18.3 Å². The van der Waals surface area contributed by atoms with E-state index in [1.54, 1.807) is 18.2 Å². The predicted octanol–water partition coefficient (Wildman–Crippen LogP) is 3.84. The Morgan fingerprint density at radius 1 is 1.24 bits per heavy atom. The molecule has 0 aliphatic heterocycles. The van der Waals surface area contributed by atoms with Crippen molar-refractivity contribution in [2.75, 3.05) is 11.9 Å². The number of nitrogens with one attached hydrogen (secondary N) is 1. The standard InChI is InChI=1S/C18H18F2N2O3/c1-2-13-4-3-5-15(10-13)22-17(23)12-24-21-11-14-6-8-16(9-7-14)25-18(19)20/h3-11,18H,2,12H2,1H3,(H,22,23)/b21-11+. The third kappa shape index (κ3) is 6.58. The third-order valence-electron chi connectivity index (χ3n) is 3.20. The van der Waals surface area contributed by atoms with Crippen LogP contribution in [0.3, 0.4) is 0 Å². The Morgan fingerprint density at radius 2 is 2.00 bits per heavy atom. The highest BCUT2D eigenvalue weighted by molar-refractivity contribution is 5.91. The fraction of sp³-hybridized carbons (Fsp3) is 0.222. The van der Waals surface area contributed by atoms with E-state index in [4.69, 9.17) is 4.84 Å². The van der Waals surface area contributed by atoms with E-state index in [0.717, 1.165) is 12.0 Å². The molecule has 0 spiro atoms. The van der Waals surface area contributed by atoms with Crippen LogP contribution in [-0.4, -0.2) is 25.3 Å². The Hall–Kier alpha value is -2.96. The highest BCUT2D eigenvalue weighted by Crippen LogP contribution is 2.14. The second-order valence-corrected chi connectivity index (χ2v) is 5.06. The normalized spacial score (nSPS) is 10.9.